The van der Waals surface area contributed by atoms with Crippen LogP contribution in [0.1, 0.15) is 36.8 Å². The molecule has 2 rings (SSSR count). The van der Waals surface area contributed by atoms with Crippen LogP contribution in [-0.2, 0) is 13.6 Å². The Balaban J connectivity index is 2.06. The average Bonchev–Trinajstić information content (AvgIpc) is 2.81. The molecule has 0 saturated carbocycles. The molecule has 0 amide bonds. The fourth-order valence-electron chi connectivity index (χ4n) is 1.99. The van der Waals surface area contributed by atoms with Gasteiger partial charge in [-0.25, -0.2) is 0 Å². The molecule has 0 aliphatic heterocycles. The fourth-order valence-corrected chi connectivity index (χ4v) is 1.99. The summed E-state index contributed by atoms with van der Waals surface area (Å²) in [5.74, 6) is 0.909. The van der Waals surface area contributed by atoms with Crippen molar-refractivity contribution in [3.05, 3.63) is 29.2 Å². The minimum absolute atomic E-state index is 0.399. The Morgan fingerprint density at radius 1 is 1.33 bits per heavy atom. The number of anilines is 1. The smallest absolute Gasteiger partial charge is 0.148 e. The van der Waals surface area contributed by atoms with Crippen LogP contribution < -0.4 is 5.32 Å². The second-order valence-electron chi connectivity index (χ2n) is 4.94. The normalized spacial score (nSPS) is 11.2. The predicted octanol–water partition coefficient (Wildman–Crippen LogP) is 2.43. The molecule has 0 aliphatic carbocycles. The Labute approximate surface area is 108 Å². The zero-order chi connectivity index (χ0) is 13.3. The number of hydrogen-bond acceptors (Lipinski definition) is 3. The van der Waals surface area contributed by atoms with E-state index in [0.29, 0.717) is 6.04 Å². The Hall–Kier alpha value is -1.78. The summed E-state index contributed by atoms with van der Waals surface area (Å²) in [6.45, 7) is 9.18. The molecular weight excluding hydrogens is 226 g/mol. The van der Waals surface area contributed by atoms with Gasteiger partial charge < -0.3 is 5.32 Å². The molecule has 5 heteroatoms. The minimum atomic E-state index is 0.399. The molecule has 2 aromatic rings. The lowest BCUT2D eigenvalue weighted by atomic mass is 10.2. The highest BCUT2D eigenvalue weighted by Gasteiger charge is 2.09. The molecule has 0 aliphatic rings. The molecule has 0 fully saturated rings. The van der Waals surface area contributed by atoms with Gasteiger partial charge in [-0.15, -0.1) is 0 Å². The summed E-state index contributed by atoms with van der Waals surface area (Å²) in [5.41, 5.74) is 3.57. The SMILES string of the molecule is Cc1cc(NCc2cnn(C(C)C)c2C)nn1C. The maximum Gasteiger partial charge on any atom is 0.148 e. The van der Waals surface area contributed by atoms with Gasteiger partial charge in [0.05, 0.1) is 6.20 Å². The molecule has 0 unspecified atom stereocenters. The predicted molar refractivity (Wildman–Crippen MR) is 72.6 cm³/mol. The van der Waals surface area contributed by atoms with E-state index in [9.17, 15) is 0 Å². The van der Waals surface area contributed by atoms with E-state index in [1.807, 2.05) is 35.6 Å². The first-order chi connectivity index (χ1) is 8.49. The Kier molecular flexibility index (Phi) is 3.41. The molecule has 0 atom stereocenters. The number of hydrogen-bond donors (Lipinski definition) is 1. The summed E-state index contributed by atoms with van der Waals surface area (Å²) in [6.07, 6.45) is 1.93. The van der Waals surface area contributed by atoms with E-state index in [2.05, 4.69) is 36.3 Å². The molecule has 98 valence electrons. The van der Waals surface area contributed by atoms with Crippen LogP contribution in [0.2, 0.25) is 0 Å². The highest BCUT2D eigenvalue weighted by atomic mass is 15.3. The van der Waals surface area contributed by atoms with Gasteiger partial charge in [-0.05, 0) is 27.7 Å². The molecule has 2 aromatic heterocycles. The van der Waals surface area contributed by atoms with Gasteiger partial charge in [0.15, 0.2) is 0 Å². The van der Waals surface area contributed by atoms with Crippen molar-refractivity contribution in [2.75, 3.05) is 5.32 Å². The largest absolute Gasteiger partial charge is 0.364 e. The van der Waals surface area contributed by atoms with Crippen LogP contribution in [0.3, 0.4) is 0 Å². The summed E-state index contributed by atoms with van der Waals surface area (Å²) in [6, 6.07) is 2.44. The van der Waals surface area contributed by atoms with E-state index in [1.54, 1.807) is 0 Å². The number of aromatic nitrogens is 4. The van der Waals surface area contributed by atoms with Gasteiger partial charge in [-0.2, -0.15) is 10.2 Å². The van der Waals surface area contributed by atoms with Crippen molar-refractivity contribution >= 4 is 5.82 Å². The highest BCUT2D eigenvalue weighted by molar-refractivity contribution is 5.37. The molecule has 0 spiro atoms. The van der Waals surface area contributed by atoms with Crippen LogP contribution in [0.4, 0.5) is 5.82 Å². The quantitative estimate of drug-likeness (QED) is 0.902. The molecule has 1 N–H and O–H groups in total. The first kappa shape index (κ1) is 12.7. The molecule has 18 heavy (non-hydrogen) atoms. The van der Waals surface area contributed by atoms with Crippen LogP contribution in [0, 0.1) is 13.8 Å². The van der Waals surface area contributed by atoms with E-state index in [-0.39, 0.29) is 0 Å². The van der Waals surface area contributed by atoms with Crippen molar-refractivity contribution in [2.24, 2.45) is 7.05 Å². The van der Waals surface area contributed by atoms with Crippen LogP contribution in [0.15, 0.2) is 12.3 Å². The number of nitrogens with zero attached hydrogens (tertiary/aromatic N) is 4. The highest BCUT2D eigenvalue weighted by Crippen LogP contribution is 2.14. The van der Waals surface area contributed by atoms with Crippen molar-refractivity contribution in [3.8, 4) is 0 Å². The topological polar surface area (TPSA) is 47.7 Å². The second-order valence-corrected chi connectivity index (χ2v) is 4.94. The van der Waals surface area contributed by atoms with E-state index >= 15 is 0 Å². The van der Waals surface area contributed by atoms with Gasteiger partial charge in [-0.3, -0.25) is 9.36 Å². The first-order valence-corrected chi connectivity index (χ1v) is 6.26. The Morgan fingerprint density at radius 3 is 2.56 bits per heavy atom. The van der Waals surface area contributed by atoms with Crippen LogP contribution >= 0.6 is 0 Å². The van der Waals surface area contributed by atoms with E-state index < -0.39 is 0 Å². The lowest BCUT2D eigenvalue weighted by Gasteiger charge is -2.09. The van der Waals surface area contributed by atoms with Gasteiger partial charge in [0.2, 0.25) is 0 Å². The second kappa shape index (κ2) is 4.84. The standard InChI is InChI=1S/C13H21N5/c1-9(2)18-11(4)12(8-15-18)7-14-13-6-10(3)17(5)16-13/h6,8-9H,7H2,1-5H3,(H,14,16). The average molecular weight is 247 g/mol. The third-order valence-corrected chi connectivity index (χ3v) is 3.21. The zero-order valence-corrected chi connectivity index (χ0v) is 11.7. The van der Waals surface area contributed by atoms with Gasteiger partial charge in [0.25, 0.3) is 0 Å². The monoisotopic (exact) mass is 247 g/mol. The van der Waals surface area contributed by atoms with Crippen molar-refractivity contribution in [1.82, 2.24) is 19.6 Å². The van der Waals surface area contributed by atoms with Crippen molar-refractivity contribution in [1.29, 1.82) is 0 Å². The zero-order valence-electron chi connectivity index (χ0n) is 11.7. The molecule has 0 aromatic carbocycles. The third-order valence-electron chi connectivity index (χ3n) is 3.21. The lowest BCUT2D eigenvalue weighted by molar-refractivity contribution is 0.518. The number of aryl methyl sites for hydroxylation is 2. The summed E-state index contributed by atoms with van der Waals surface area (Å²) in [7, 11) is 1.95. The van der Waals surface area contributed by atoms with Gasteiger partial charge in [-0.1, -0.05) is 0 Å². The summed E-state index contributed by atoms with van der Waals surface area (Å²) in [4.78, 5) is 0. The van der Waals surface area contributed by atoms with Crippen molar-refractivity contribution in [3.63, 3.8) is 0 Å². The Bertz CT molecular complexity index is 516. The third kappa shape index (κ3) is 2.39. The summed E-state index contributed by atoms with van der Waals surface area (Å²) < 4.78 is 3.91. The maximum absolute atomic E-state index is 4.40. The minimum Gasteiger partial charge on any atom is -0.364 e. The van der Waals surface area contributed by atoms with Crippen LogP contribution in [0.5, 0.6) is 0 Å². The van der Waals surface area contributed by atoms with E-state index in [0.717, 1.165) is 18.1 Å². The van der Waals surface area contributed by atoms with Crippen molar-refractivity contribution < 1.29 is 0 Å². The number of rotatable bonds is 4. The Morgan fingerprint density at radius 2 is 2.06 bits per heavy atom. The molecule has 2 heterocycles. The molecule has 0 saturated heterocycles. The van der Waals surface area contributed by atoms with Crippen molar-refractivity contribution in [2.45, 2.75) is 40.3 Å². The van der Waals surface area contributed by atoms with E-state index in [4.69, 9.17) is 0 Å². The molecule has 0 radical (unpaired) electrons. The van der Waals surface area contributed by atoms with Gasteiger partial charge in [0, 0.05) is 42.7 Å². The fraction of sp³-hybridized carbons (Fsp3) is 0.538. The molecular formula is C13H21N5. The first-order valence-electron chi connectivity index (χ1n) is 6.26. The van der Waals surface area contributed by atoms with Crippen LogP contribution in [-0.4, -0.2) is 19.6 Å². The maximum atomic E-state index is 4.40. The van der Waals surface area contributed by atoms with Gasteiger partial charge >= 0.3 is 0 Å². The number of nitrogens with one attached hydrogen (secondary N) is 1. The van der Waals surface area contributed by atoms with E-state index in [1.165, 1.54) is 11.3 Å². The summed E-state index contributed by atoms with van der Waals surface area (Å²) in [5, 5.41) is 12.1. The molecule has 0 bridgehead atoms. The summed E-state index contributed by atoms with van der Waals surface area (Å²) >= 11 is 0. The lowest BCUT2D eigenvalue weighted by Crippen LogP contribution is -2.06. The van der Waals surface area contributed by atoms with Crippen LogP contribution in [0.25, 0.3) is 0 Å². The van der Waals surface area contributed by atoms with Gasteiger partial charge in [0.1, 0.15) is 5.82 Å². The molecule has 5 nitrogen and oxygen atoms in total.